The maximum Gasteiger partial charge on any atom is 0.343 e. The van der Waals surface area contributed by atoms with Crippen LogP contribution in [0.15, 0.2) is 47.5 Å². The number of ether oxygens (including phenoxy) is 2. The summed E-state index contributed by atoms with van der Waals surface area (Å²) in [5.41, 5.74) is 2.95. The molecule has 13 heteroatoms. The van der Waals surface area contributed by atoms with Crippen molar-refractivity contribution in [2.24, 2.45) is 5.92 Å². The highest BCUT2D eigenvalue weighted by Gasteiger charge is 2.42. The third-order valence-corrected chi connectivity index (χ3v) is 9.05. The fourth-order valence-electron chi connectivity index (χ4n) is 7.00. The highest BCUT2D eigenvalue weighted by molar-refractivity contribution is 6.18. The summed E-state index contributed by atoms with van der Waals surface area (Å²) in [6.07, 6.45) is 4.25. The van der Waals surface area contributed by atoms with Crippen LogP contribution in [0, 0.1) is 17.6 Å². The van der Waals surface area contributed by atoms with Crippen LogP contribution in [0.2, 0.25) is 0 Å². The number of hydrogen-bond acceptors (Lipinski definition) is 9. The van der Waals surface area contributed by atoms with E-state index in [4.69, 9.17) is 9.47 Å². The Kier molecular flexibility index (Phi) is 7.35. The zero-order valence-corrected chi connectivity index (χ0v) is 25.5. The van der Waals surface area contributed by atoms with Gasteiger partial charge in [-0.2, -0.15) is 0 Å². The lowest BCUT2D eigenvalue weighted by molar-refractivity contribution is -0.142. The Hall–Kier alpha value is -5.04. The number of likely N-dealkylation sites (tertiary alicyclic amines) is 1. The summed E-state index contributed by atoms with van der Waals surface area (Å²) in [7, 11) is 3.72. The van der Waals surface area contributed by atoms with E-state index in [1.165, 1.54) is 17.4 Å². The van der Waals surface area contributed by atoms with Crippen molar-refractivity contribution in [1.82, 2.24) is 19.3 Å². The van der Waals surface area contributed by atoms with Gasteiger partial charge in [-0.3, -0.25) is 14.0 Å². The van der Waals surface area contributed by atoms with Gasteiger partial charge < -0.3 is 29.6 Å². The zero-order valence-electron chi connectivity index (χ0n) is 25.5. The van der Waals surface area contributed by atoms with Crippen LogP contribution in [-0.4, -0.2) is 84.2 Å². The van der Waals surface area contributed by atoms with E-state index in [9.17, 15) is 18.8 Å². The Bertz CT molecular complexity index is 2110. The van der Waals surface area contributed by atoms with Gasteiger partial charge in [0.1, 0.15) is 24.4 Å². The van der Waals surface area contributed by atoms with Gasteiger partial charge in [-0.25, -0.2) is 18.6 Å². The van der Waals surface area contributed by atoms with Gasteiger partial charge in [0, 0.05) is 74.8 Å². The van der Waals surface area contributed by atoms with Crippen LogP contribution in [0.3, 0.4) is 0 Å². The zero-order chi connectivity index (χ0) is 32.3. The molecule has 2 fully saturated rings. The summed E-state index contributed by atoms with van der Waals surface area (Å²) in [5, 5.41) is 3.53. The van der Waals surface area contributed by atoms with E-state index in [1.54, 1.807) is 31.6 Å². The molecule has 6 heterocycles. The van der Waals surface area contributed by atoms with Crippen molar-refractivity contribution in [2.75, 3.05) is 57.2 Å². The molecule has 0 radical (unpaired) electrons. The highest BCUT2D eigenvalue weighted by Crippen LogP contribution is 2.46. The first-order chi connectivity index (χ1) is 22.2. The van der Waals surface area contributed by atoms with E-state index >= 15 is 4.39 Å². The minimum Gasteiger partial charge on any atom is -0.462 e. The second-order valence-corrected chi connectivity index (χ2v) is 11.9. The molecule has 4 aromatic heterocycles. The molecule has 2 aliphatic rings. The molecule has 5 aromatic rings. The fourth-order valence-corrected chi connectivity index (χ4v) is 7.00. The molecule has 0 saturated carbocycles. The minimum absolute atomic E-state index is 0.107. The summed E-state index contributed by atoms with van der Waals surface area (Å²) in [5.74, 6) is -2.88. The van der Waals surface area contributed by atoms with Crippen LogP contribution < -0.4 is 15.8 Å². The highest BCUT2D eigenvalue weighted by atomic mass is 19.2. The summed E-state index contributed by atoms with van der Waals surface area (Å²) in [6, 6.07) is 7.90. The topological polar surface area (TPSA) is 121 Å². The van der Waals surface area contributed by atoms with Gasteiger partial charge in [0.15, 0.2) is 11.6 Å². The molecule has 11 nitrogen and oxygen atoms in total. The molecule has 0 bridgehead atoms. The number of rotatable bonds is 7. The number of carbonyl (C=O) groups is 2. The number of hydrogen-bond donors (Lipinski definition) is 2. The molecule has 2 N–H and O–H groups in total. The van der Waals surface area contributed by atoms with Crippen LogP contribution in [0.4, 0.5) is 20.2 Å². The maximum atomic E-state index is 15.7. The molecule has 238 valence electrons. The number of nitrogens with zero attached hydrogens (tertiary/aromatic N) is 4. The number of likely N-dealkylation sites (N-methyl/N-ethyl adjacent to an activating group) is 1. The van der Waals surface area contributed by atoms with Gasteiger partial charge in [-0.1, -0.05) is 6.07 Å². The predicted molar refractivity (Wildman–Crippen MR) is 169 cm³/mol. The first kappa shape index (κ1) is 29.7. The van der Waals surface area contributed by atoms with Crippen LogP contribution in [-0.2, 0) is 14.3 Å². The number of aromatic nitrogens is 3. The second-order valence-electron chi connectivity index (χ2n) is 11.9. The molecule has 1 aromatic carbocycles. The van der Waals surface area contributed by atoms with Crippen LogP contribution >= 0.6 is 0 Å². The lowest BCUT2D eigenvalue weighted by Gasteiger charge is -2.29. The van der Waals surface area contributed by atoms with Crippen molar-refractivity contribution in [2.45, 2.75) is 19.4 Å². The molecule has 7 rings (SSSR count). The van der Waals surface area contributed by atoms with Crippen molar-refractivity contribution < 1.29 is 27.8 Å². The largest absolute Gasteiger partial charge is 0.462 e. The van der Waals surface area contributed by atoms with Crippen molar-refractivity contribution in [3.05, 3.63) is 70.3 Å². The standard InChI is InChI=1S/C33H32F2N6O5/c1-17(42)45-10-11-46-33(44)21-7-6-20-5-4-18(15-41(20)32(21)43)22-13-37-31-27(26-28(35)23(34)12-24(36-2)29(26)38-31)30(22)40-9-8-19-14-39(3)16-25(19)40/h4-7,12-13,15,19,25,36H,8-11,14,16H2,1-3H3,(H,37,38)/t19-,25+/m0/s1. The number of nitrogens with one attached hydrogen (secondary N) is 2. The Morgan fingerprint density at radius 1 is 1.11 bits per heavy atom. The van der Waals surface area contributed by atoms with Crippen molar-refractivity contribution in [3.63, 3.8) is 0 Å². The van der Waals surface area contributed by atoms with Gasteiger partial charge in [-0.05, 0) is 37.6 Å². The molecule has 0 amide bonds. The quantitative estimate of drug-likeness (QED) is 0.202. The molecule has 0 unspecified atom stereocenters. The third-order valence-electron chi connectivity index (χ3n) is 9.05. The van der Waals surface area contributed by atoms with Crippen LogP contribution in [0.5, 0.6) is 0 Å². The molecule has 2 saturated heterocycles. The SMILES string of the molecule is CNc1cc(F)c(F)c2c1[nH]c1ncc(-c3ccc4ccc(C(=O)OCCOC(C)=O)c(=O)n4c3)c(N3CC[C@H]4CN(C)C[C@H]43)c12. The van der Waals surface area contributed by atoms with E-state index in [0.717, 1.165) is 25.6 Å². The number of halogens is 2. The Morgan fingerprint density at radius 2 is 1.89 bits per heavy atom. The normalized spacial score (nSPS) is 18.1. The van der Waals surface area contributed by atoms with Crippen molar-refractivity contribution in [3.8, 4) is 11.1 Å². The van der Waals surface area contributed by atoms with Gasteiger partial charge in [0.2, 0.25) is 0 Å². The first-order valence-corrected chi connectivity index (χ1v) is 15.1. The number of aromatic amines is 1. The molecular formula is C33H32F2N6O5. The fraction of sp³-hybridized carbons (Fsp3) is 0.333. The second kappa shape index (κ2) is 11.4. The smallest absolute Gasteiger partial charge is 0.343 e. The van der Waals surface area contributed by atoms with E-state index in [1.807, 2.05) is 6.07 Å². The average molecular weight is 631 g/mol. The van der Waals surface area contributed by atoms with Crippen LogP contribution in [0.25, 0.3) is 38.6 Å². The molecule has 46 heavy (non-hydrogen) atoms. The average Bonchev–Trinajstić information content (AvgIpc) is 3.73. The van der Waals surface area contributed by atoms with Crippen molar-refractivity contribution >= 4 is 50.8 Å². The lowest BCUT2D eigenvalue weighted by Crippen LogP contribution is -2.35. The summed E-state index contributed by atoms with van der Waals surface area (Å²) in [4.78, 5) is 49.7. The number of fused-ring (bicyclic) bond motifs is 5. The van der Waals surface area contributed by atoms with E-state index in [2.05, 4.69) is 32.1 Å². The molecule has 2 aliphatic heterocycles. The van der Waals surface area contributed by atoms with Crippen molar-refractivity contribution in [1.29, 1.82) is 0 Å². The summed E-state index contributed by atoms with van der Waals surface area (Å²) < 4.78 is 42.0. The molecule has 0 aliphatic carbocycles. The minimum atomic E-state index is -0.974. The van der Waals surface area contributed by atoms with E-state index < -0.39 is 29.1 Å². The third kappa shape index (κ3) is 4.82. The molecular weight excluding hydrogens is 598 g/mol. The van der Waals surface area contributed by atoms with Gasteiger partial charge >= 0.3 is 11.9 Å². The number of H-pyrrole nitrogens is 1. The number of esters is 2. The maximum absolute atomic E-state index is 15.7. The number of pyridine rings is 3. The van der Waals surface area contributed by atoms with E-state index in [-0.39, 0.29) is 30.2 Å². The Labute approximate surface area is 261 Å². The first-order valence-electron chi connectivity index (χ1n) is 15.1. The number of carbonyl (C=O) groups excluding carboxylic acids is 2. The number of benzene rings is 1. The molecule has 2 atom stereocenters. The summed E-state index contributed by atoms with van der Waals surface area (Å²) >= 11 is 0. The summed E-state index contributed by atoms with van der Waals surface area (Å²) in [6.45, 7) is 3.40. The molecule has 0 spiro atoms. The monoisotopic (exact) mass is 630 g/mol. The van der Waals surface area contributed by atoms with Gasteiger partial charge in [0.25, 0.3) is 5.56 Å². The Morgan fingerprint density at radius 3 is 2.67 bits per heavy atom. The van der Waals surface area contributed by atoms with E-state index in [0.29, 0.717) is 57.0 Å². The van der Waals surface area contributed by atoms with Gasteiger partial charge in [0.05, 0.1) is 27.7 Å². The van der Waals surface area contributed by atoms with Gasteiger partial charge in [-0.15, -0.1) is 0 Å². The predicted octanol–water partition coefficient (Wildman–Crippen LogP) is 4.18. The van der Waals surface area contributed by atoms with Crippen LogP contribution in [0.1, 0.15) is 23.7 Å². The Balaban J connectivity index is 1.41. The number of anilines is 2. The lowest BCUT2D eigenvalue weighted by atomic mass is 10.00.